The molecule has 4 nitrogen and oxygen atoms in total. The molecular formula is C16H14BrN3O. The van der Waals surface area contributed by atoms with E-state index in [-0.39, 0.29) is 5.91 Å². The third kappa shape index (κ3) is 2.69. The van der Waals surface area contributed by atoms with Gasteiger partial charge in [0.2, 0.25) is 0 Å². The minimum atomic E-state index is -0.165. The van der Waals surface area contributed by atoms with Crippen LogP contribution in [0.3, 0.4) is 0 Å². The highest BCUT2D eigenvalue weighted by atomic mass is 79.9. The molecule has 3 aromatic rings. The van der Waals surface area contributed by atoms with Crippen LogP contribution >= 0.6 is 15.9 Å². The maximum absolute atomic E-state index is 12.5. The van der Waals surface area contributed by atoms with Crippen molar-refractivity contribution < 1.29 is 4.79 Å². The molecule has 1 amide bonds. The van der Waals surface area contributed by atoms with Crippen molar-refractivity contribution in [2.75, 3.05) is 5.32 Å². The predicted molar refractivity (Wildman–Crippen MR) is 86.8 cm³/mol. The molecule has 3 rings (SSSR count). The summed E-state index contributed by atoms with van der Waals surface area (Å²) in [6.45, 7) is 3.91. The highest BCUT2D eigenvalue weighted by Gasteiger charge is 2.12. The number of hydrogen-bond donors (Lipinski definition) is 1. The molecule has 0 spiro atoms. The second-order valence-electron chi connectivity index (χ2n) is 4.95. The fourth-order valence-corrected chi connectivity index (χ4v) is 2.56. The second kappa shape index (κ2) is 5.33. The quantitative estimate of drug-likeness (QED) is 0.765. The zero-order chi connectivity index (χ0) is 15.0. The second-order valence-corrected chi connectivity index (χ2v) is 5.81. The molecule has 5 heteroatoms. The van der Waals surface area contributed by atoms with E-state index in [0.29, 0.717) is 11.2 Å². The topological polar surface area (TPSA) is 46.4 Å². The summed E-state index contributed by atoms with van der Waals surface area (Å²) in [4.78, 5) is 16.9. The van der Waals surface area contributed by atoms with E-state index in [1.54, 1.807) is 6.07 Å². The number of imidazole rings is 1. The van der Waals surface area contributed by atoms with Crippen LogP contribution < -0.4 is 5.32 Å². The summed E-state index contributed by atoms with van der Waals surface area (Å²) in [5.41, 5.74) is 3.98. The van der Waals surface area contributed by atoms with Gasteiger partial charge < -0.3 is 9.72 Å². The van der Waals surface area contributed by atoms with Gasteiger partial charge in [0.15, 0.2) is 0 Å². The standard InChI is InChI=1S/C16H14BrN3O/c1-10-5-6-12(8-14(10)17)19-16(21)13-4-3-7-20-9-11(2)18-15(13)20/h3-9H,1-2H3,(H,19,21). The molecule has 0 radical (unpaired) electrons. The van der Waals surface area contributed by atoms with Crippen LogP contribution in [0.25, 0.3) is 5.65 Å². The molecule has 0 aliphatic rings. The van der Waals surface area contributed by atoms with Crippen LogP contribution in [0.4, 0.5) is 5.69 Å². The van der Waals surface area contributed by atoms with Gasteiger partial charge in [-0.15, -0.1) is 0 Å². The van der Waals surface area contributed by atoms with Gasteiger partial charge in [-0.2, -0.15) is 0 Å². The number of halogens is 1. The van der Waals surface area contributed by atoms with E-state index >= 15 is 0 Å². The number of carbonyl (C=O) groups is 1. The molecule has 2 aromatic heterocycles. The lowest BCUT2D eigenvalue weighted by Crippen LogP contribution is -2.13. The SMILES string of the molecule is Cc1cn2cccc(C(=O)Nc3ccc(C)c(Br)c3)c2n1. The molecule has 0 bridgehead atoms. The van der Waals surface area contributed by atoms with Gasteiger partial charge in [0.25, 0.3) is 5.91 Å². The Labute approximate surface area is 131 Å². The first-order valence-corrected chi connectivity index (χ1v) is 7.36. The lowest BCUT2D eigenvalue weighted by Gasteiger charge is -2.08. The van der Waals surface area contributed by atoms with E-state index in [0.717, 1.165) is 21.4 Å². The molecule has 21 heavy (non-hydrogen) atoms. The van der Waals surface area contributed by atoms with Crippen LogP contribution in [0.2, 0.25) is 0 Å². The Hall–Kier alpha value is -2.14. The maximum Gasteiger partial charge on any atom is 0.259 e. The maximum atomic E-state index is 12.5. The Morgan fingerprint density at radius 3 is 2.86 bits per heavy atom. The molecule has 0 atom stereocenters. The Morgan fingerprint density at radius 1 is 1.29 bits per heavy atom. The third-order valence-corrected chi connectivity index (χ3v) is 4.13. The molecule has 0 unspecified atom stereocenters. The number of rotatable bonds is 2. The molecular weight excluding hydrogens is 330 g/mol. The summed E-state index contributed by atoms with van der Waals surface area (Å²) < 4.78 is 2.82. The lowest BCUT2D eigenvalue weighted by atomic mass is 10.2. The first-order valence-electron chi connectivity index (χ1n) is 6.56. The summed E-state index contributed by atoms with van der Waals surface area (Å²) in [5, 5.41) is 2.91. The normalized spacial score (nSPS) is 10.8. The zero-order valence-electron chi connectivity index (χ0n) is 11.7. The smallest absolute Gasteiger partial charge is 0.259 e. The minimum absolute atomic E-state index is 0.165. The number of anilines is 1. The molecule has 1 aromatic carbocycles. The molecule has 0 aliphatic heterocycles. The summed E-state index contributed by atoms with van der Waals surface area (Å²) >= 11 is 3.47. The summed E-state index contributed by atoms with van der Waals surface area (Å²) in [7, 11) is 0. The molecule has 1 N–H and O–H groups in total. The van der Waals surface area contributed by atoms with E-state index < -0.39 is 0 Å². The fourth-order valence-electron chi connectivity index (χ4n) is 2.18. The van der Waals surface area contributed by atoms with E-state index in [1.807, 2.05) is 54.9 Å². The zero-order valence-corrected chi connectivity index (χ0v) is 13.3. The number of nitrogens with one attached hydrogen (secondary N) is 1. The number of fused-ring (bicyclic) bond motifs is 1. The highest BCUT2D eigenvalue weighted by molar-refractivity contribution is 9.10. The Morgan fingerprint density at radius 2 is 2.10 bits per heavy atom. The Bertz CT molecular complexity index is 839. The van der Waals surface area contributed by atoms with Crippen LogP contribution in [-0.4, -0.2) is 15.3 Å². The number of benzene rings is 1. The van der Waals surface area contributed by atoms with Crippen molar-refractivity contribution in [1.82, 2.24) is 9.38 Å². The summed E-state index contributed by atoms with van der Waals surface area (Å²) in [5.74, 6) is -0.165. The van der Waals surface area contributed by atoms with Gasteiger partial charge in [-0.3, -0.25) is 4.79 Å². The van der Waals surface area contributed by atoms with Crippen LogP contribution in [0.5, 0.6) is 0 Å². The number of aromatic nitrogens is 2. The van der Waals surface area contributed by atoms with Gasteiger partial charge in [-0.25, -0.2) is 4.98 Å². The number of carbonyl (C=O) groups excluding carboxylic acids is 1. The number of amides is 1. The monoisotopic (exact) mass is 343 g/mol. The number of nitrogens with zero attached hydrogens (tertiary/aromatic N) is 2. The predicted octanol–water partition coefficient (Wildman–Crippen LogP) is 3.97. The van der Waals surface area contributed by atoms with Gasteiger partial charge in [0.1, 0.15) is 5.65 Å². The van der Waals surface area contributed by atoms with Crippen molar-refractivity contribution in [3.63, 3.8) is 0 Å². The van der Waals surface area contributed by atoms with Crippen molar-refractivity contribution in [2.24, 2.45) is 0 Å². The number of aryl methyl sites for hydroxylation is 2. The van der Waals surface area contributed by atoms with Crippen LogP contribution in [0.15, 0.2) is 47.2 Å². The van der Waals surface area contributed by atoms with Gasteiger partial charge in [-0.05, 0) is 43.7 Å². The molecule has 0 saturated heterocycles. The highest BCUT2D eigenvalue weighted by Crippen LogP contribution is 2.21. The van der Waals surface area contributed by atoms with Gasteiger partial charge in [-0.1, -0.05) is 22.0 Å². The van der Waals surface area contributed by atoms with Gasteiger partial charge >= 0.3 is 0 Å². The Balaban J connectivity index is 1.95. The van der Waals surface area contributed by atoms with Gasteiger partial charge in [0.05, 0.1) is 11.3 Å². The van der Waals surface area contributed by atoms with Gasteiger partial charge in [0, 0.05) is 22.6 Å². The van der Waals surface area contributed by atoms with E-state index in [9.17, 15) is 4.79 Å². The van der Waals surface area contributed by atoms with Crippen LogP contribution in [0.1, 0.15) is 21.6 Å². The summed E-state index contributed by atoms with van der Waals surface area (Å²) in [6.07, 6.45) is 3.78. The van der Waals surface area contributed by atoms with Crippen molar-refractivity contribution in [2.45, 2.75) is 13.8 Å². The molecule has 106 valence electrons. The Kier molecular flexibility index (Phi) is 3.51. The van der Waals surface area contributed by atoms with E-state index in [1.165, 1.54) is 0 Å². The third-order valence-electron chi connectivity index (χ3n) is 3.28. The van der Waals surface area contributed by atoms with Crippen LogP contribution in [-0.2, 0) is 0 Å². The first kappa shape index (κ1) is 13.8. The molecule has 0 fully saturated rings. The van der Waals surface area contributed by atoms with Crippen molar-refractivity contribution in [3.05, 3.63) is 64.0 Å². The average Bonchev–Trinajstić information content (AvgIpc) is 2.82. The first-order chi connectivity index (χ1) is 10.0. The minimum Gasteiger partial charge on any atom is -0.322 e. The summed E-state index contributed by atoms with van der Waals surface area (Å²) in [6, 6.07) is 9.35. The largest absolute Gasteiger partial charge is 0.322 e. The van der Waals surface area contributed by atoms with E-state index in [4.69, 9.17) is 0 Å². The van der Waals surface area contributed by atoms with E-state index in [2.05, 4.69) is 26.2 Å². The fraction of sp³-hybridized carbons (Fsp3) is 0.125. The molecule has 2 heterocycles. The van der Waals surface area contributed by atoms with Crippen molar-refractivity contribution in [3.8, 4) is 0 Å². The number of pyridine rings is 1. The molecule has 0 aliphatic carbocycles. The van der Waals surface area contributed by atoms with Crippen molar-refractivity contribution in [1.29, 1.82) is 0 Å². The van der Waals surface area contributed by atoms with Crippen LogP contribution in [0, 0.1) is 13.8 Å². The molecule has 0 saturated carbocycles. The number of hydrogen-bond acceptors (Lipinski definition) is 2. The average molecular weight is 344 g/mol. The lowest BCUT2D eigenvalue weighted by molar-refractivity contribution is 0.102. The van der Waals surface area contributed by atoms with Crippen molar-refractivity contribution >= 4 is 33.2 Å².